The summed E-state index contributed by atoms with van der Waals surface area (Å²) in [6.45, 7) is 13.9. The van der Waals surface area contributed by atoms with Gasteiger partial charge >= 0.3 is 6.09 Å². The number of hydrogen-bond donors (Lipinski definition) is 0. The molecule has 0 spiro atoms. The summed E-state index contributed by atoms with van der Waals surface area (Å²) in [5, 5.41) is 0. The standard InChI is InChI=1S/C14H24N2O3/c1-7-12(17)15-8-11(3)16(9-10(15)2)13(18)19-14(4,5)6/h7,10-11H,1,8-9H2,2-6H3/t10-,11+/m1/s1. The molecule has 2 amide bonds. The molecule has 0 aliphatic carbocycles. The van der Waals surface area contributed by atoms with E-state index in [1.165, 1.54) is 6.08 Å². The van der Waals surface area contributed by atoms with E-state index in [4.69, 9.17) is 4.74 Å². The highest BCUT2D eigenvalue weighted by Crippen LogP contribution is 2.19. The zero-order valence-electron chi connectivity index (χ0n) is 12.5. The third kappa shape index (κ3) is 3.98. The second kappa shape index (κ2) is 5.63. The number of piperazine rings is 1. The van der Waals surface area contributed by atoms with Crippen LogP contribution in [0.15, 0.2) is 12.7 Å². The second-order valence-electron chi connectivity index (χ2n) is 6.03. The highest BCUT2D eigenvalue weighted by molar-refractivity contribution is 5.87. The first-order valence-corrected chi connectivity index (χ1v) is 6.58. The summed E-state index contributed by atoms with van der Waals surface area (Å²) in [4.78, 5) is 27.2. The topological polar surface area (TPSA) is 49.9 Å². The van der Waals surface area contributed by atoms with Gasteiger partial charge in [0.05, 0.1) is 0 Å². The Labute approximate surface area is 115 Å². The van der Waals surface area contributed by atoms with Gasteiger partial charge in [0, 0.05) is 25.2 Å². The smallest absolute Gasteiger partial charge is 0.410 e. The fraction of sp³-hybridized carbons (Fsp3) is 0.714. The molecule has 0 aromatic carbocycles. The first-order chi connectivity index (χ1) is 8.65. The number of carbonyl (C=O) groups is 2. The van der Waals surface area contributed by atoms with Crippen LogP contribution in [0.3, 0.4) is 0 Å². The molecule has 0 aromatic rings. The van der Waals surface area contributed by atoms with Gasteiger partial charge in [0.15, 0.2) is 0 Å². The van der Waals surface area contributed by atoms with Crippen molar-refractivity contribution in [3.05, 3.63) is 12.7 Å². The fourth-order valence-electron chi connectivity index (χ4n) is 2.13. The summed E-state index contributed by atoms with van der Waals surface area (Å²) in [5.74, 6) is -0.0943. The van der Waals surface area contributed by atoms with E-state index in [-0.39, 0.29) is 24.1 Å². The molecular weight excluding hydrogens is 244 g/mol. The van der Waals surface area contributed by atoms with Crippen LogP contribution in [-0.4, -0.2) is 52.6 Å². The molecule has 0 saturated carbocycles. The lowest BCUT2D eigenvalue weighted by Gasteiger charge is -2.43. The maximum atomic E-state index is 12.1. The predicted octanol–water partition coefficient (Wildman–Crippen LogP) is 2.03. The highest BCUT2D eigenvalue weighted by Gasteiger charge is 2.35. The van der Waals surface area contributed by atoms with Crippen LogP contribution in [0, 0.1) is 0 Å². The average Bonchev–Trinajstić information content (AvgIpc) is 2.28. The minimum atomic E-state index is -0.506. The molecular formula is C14H24N2O3. The molecule has 0 radical (unpaired) electrons. The quantitative estimate of drug-likeness (QED) is 0.684. The Hall–Kier alpha value is -1.52. The minimum Gasteiger partial charge on any atom is -0.444 e. The van der Waals surface area contributed by atoms with Crippen molar-refractivity contribution in [1.29, 1.82) is 0 Å². The number of ether oxygens (including phenoxy) is 1. The van der Waals surface area contributed by atoms with Crippen molar-refractivity contribution in [1.82, 2.24) is 9.80 Å². The van der Waals surface area contributed by atoms with Crippen molar-refractivity contribution in [2.75, 3.05) is 13.1 Å². The number of rotatable bonds is 1. The molecule has 0 N–H and O–H groups in total. The first-order valence-electron chi connectivity index (χ1n) is 6.58. The van der Waals surface area contributed by atoms with Gasteiger partial charge in [0.25, 0.3) is 0 Å². The van der Waals surface area contributed by atoms with Crippen LogP contribution in [0.1, 0.15) is 34.6 Å². The van der Waals surface area contributed by atoms with Crippen molar-refractivity contribution in [2.24, 2.45) is 0 Å². The van der Waals surface area contributed by atoms with Gasteiger partial charge in [-0.25, -0.2) is 4.79 Å². The summed E-state index contributed by atoms with van der Waals surface area (Å²) in [7, 11) is 0. The number of hydrogen-bond acceptors (Lipinski definition) is 3. The first kappa shape index (κ1) is 15.5. The normalized spacial score (nSPS) is 24.1. The van der Waals surface area contributed by atoms with Crippen LogP contribution >= 0.6 is 0 Å². The molecule has 5 heteroatoms. The summed E-state index contributed by atoms with van der Waals surface area (Å²) < 4.78 is 5.38. The van der Waals surface area contributed by atoms with Gasteiger partial charge in [-0.2, -0.15) is 0 Å². The molecule has 2 atom stereocenters. The minimum absolute atomic E-state index is 0.0331. The maximum absolute atomic E-state index is 12.1. The van der Waals surface area contributed by atoms with E-state index in [0.717, 1.165) is 0 Å². The van der Waals surface area contributed by atoms with Gasteiger partial charge in [-0.05, 0) is 40.7 Å². The molecule has 108 valence electrons. The van der Waals surface area contributed by atoms with Crippen LogP contribution in [0.25, 0.3) is 0 Å². The van der Waals surface area contributed by atoms with Crippen molar-refractivity contribution in [3.8, 4) is 0 Å². The maximum Gasteiger partial charge on any atom is 0.410 e. The molecule has 1 rings (SSSR count). The molecule has 1 aliphatic heterocycles. The molecule has 0 bridgehead atoms. The Morgan fingerprint density at radius 2 is 1.63 bits per heavy atom. The number of nitrogens with zero attached hydrogens (tertiary/aromatic N) is 2. The van der Waals surface area contributed by atoms with Crippen LogP contribution in [0.4, 0.5) is 4.79 Å². The van der Waals surface area contributed by atoms with Crippen molar-refractivity contribution < 1.29 is 14.3 Å². The Morgan fingerprint density at radius 1 is 1.16 bits per heavy atom. The highest BCUT2D eigenvalue weighted by atomic mass is 16.6. The van der Waals surface area contributed by atoms with Gasteiger partial charge in [-0.1, -0.05) is 6.58 Å². The average molecular weight is 268 g/mol. The molecule has 1 saturated heterocycles. The summed E-state index contributed by atoms with van der Waals surface area (Å²) in [6.07, 6.45) is 0.990. The van der Waals surface area contributed by atoms with Crippen LogP contribution in [-0.2, 0) is 9.53 Å². The van der Waals surface area contributed by atoms with E-state index in [2.05, 4.69) is 6.58 Å². The van der Waals surface area contributed by atoms with Crippen LogP contribution in [0.2, 0.25) is 0 Å². The monoisotopic (exact) mass is 268 g/mol. The molecule has 19 heavy (non-hydrogen) atoms. The van der Waals surface area contributed by atoms with Gasteiger partial charge < -0.3 is 14.5 Å². The summed E-state index contributed by atoms with van der Waals surface area (Å²) in [5.41, 5.74) is -0.506. The number of carbonyl (C=O) groups excluding carboxylic acids is 2. The molecule has 0 unspecified atom stereocenters. The fourth-order valence-corrected chi connectivity index (χ4v) is 2.13. The van der Waals surface area contributed by atoms with E-state index in [0.29, 0.717) is 13.1 Å². The van der Waals surface area contributed by atoms with Gasteiger partial charge in [-0.15, -0.1) is 0 Å². The summed E-state index contributed by atoms with van der Waals surface area (Å²) in [6, 6.07) is -0.0934. The second-order valence-corrected chi connectivity index (χ2v) is 6.03. The third-order valence-electron chi connectivity index (χ3n) is 3.07. The Balaban J connectivity index is 2.73. The number of amides is 2. The van der Waals surface area contributed by atoms with E-state index in [9.17, 15) is 9.59 Å². The molecule has 5 nitrogen and oxygen atoms in total. The lowest BCUT2D eigenvalue weighted by Crippen LogP contribution is -2.59. The van der Waals surface area contributed by atoms with E-state index in [1.807, 2.05) is 34.6 Å². The Kier molecular flexibility index (Phi) is 4.61. The lowest BCUT2D eigenvalue weighted by molar-refractivity contribution is -0.131. The van der Waals surface area contributed by atoms with Crippen LogP contribution < -0.4 is 0 Å². The van der Waals surface area contributed by atoms with E-state index < -0.39 is 5.60 Å². The molecule has 1 fully saturated rings. The molecule has 0 aromatic heterocycles. The zero-order valence-corrected chi connectivity index (χ0v) is 12.5. The summed E-state index contributed by atoms with van der Waals surface area (Å²) >= 11 is 0. The van der Waals surface area contributed by atoms with Gasteiger partial charge in [0.2, 0.25) is 5.91 Å². The van der Waals surface area contributed by atoms with Crippen molar-refractivity contribution in [3.63, 3.8) is 0 Å². The zero-order chi connectivity index (χ0) is 14.8. The SMILES string of the molecule is C=CC(=O)N1C[C@H](C)N(C(=O)OC(C)(C)C)C[C@H]1C. The third-order valence-corrected chi connectivity index (χ3v) is 3.07. The van der Waals surface area contributed by atoms with E-state index >= 15 is 0 Å². The lowest BCUT2D eigenvalue weighted by atomic mass is 10.1. The van der Waals surface area contributed by atoms with E-state index in [1.54, 1.807) is 9.80 Å². The molecule has 1 heterocycles. The van der Waals surface area contributed by atoms with Crippen molar-refractivity contribution in [2.45, 2.75) is 52.3 Å². The van der Waals surface area contributed by atoms with Gasteiger partial charge in [-0.3, -0.25) is 4.79 Å². The van der Waals surface area contributed by atoms with Crippen molar-refractivity contribution >= 4 is 12.0 Å². The van der Waals surface area contributed by atoms with Gasteiger partial charge in [0.1, 0.15) is 5.60 Å². The largest absolute Gasteiger partial charge is 0.444 e. The Bertz CT molecular complexity index is 373. The van der Waals surface area contributed by atoms with Crippen LogP contribution in [0.5, 0.6) is 0 Å². The Morgan fingerprint density at radius 3 is 2.11 bits per heavy atom. The molecule has 1 aliphatic rings. The predicted molar refractivity (Wildman–Crippen MR) is 73.8 cm³/mol.